The Balaban J connectivity index is 2.39. The molecule has 0 saturated carbocycles. The zero-order valence-corrected chi connectivity index (χ0v) is 9.98. The van der Waals surface area contributed by atoms with Gasteiger partial charge < -0.3 is 5.73 Å². The average Bonchev–Trinajstić information content (AvgIpc) is 2.65. The molecule has 1 rings (SSSR count). The quantitative estimate of drug-likeness (QED) is 0.782. The second kappa shape index (κ2) is 5.85. The maximum atomic E-state index is 5.87. The van der Waals surface area contributed by atoms with Crippen LogP contribution in [0.1, 0.15) is 51.8 Å². The normalized spacial score (nSPS) is 13.4. The summed E-state index contributed by atoms with van der Waals surface area (Å²) >= 11 is 0. The van der Waals surface area contributed by atoms with E-state index in [1.807, 2.05) is 10.9 Å². The molecule has 0 spiro atoms. The van der Waals surface area contributed by atoms with E-state index in [0.717, 1.165) is 31.0 Å². The van der Waals surface area contributed by atoms with Crippen LogP contribution in [0.15, 0.2) is 6.20 Å². The van der Waals surface area contributed by atoms with Crippen molar-refractivity contribution in [3.05, 3.63) is 11.9 Å². The molecule has 0 aliphatic carbocycles. The Bertz CT molecular complexity index is 280. The molecule has 0 aromatic carbocycles. The monoisotopic (exact) mass is 210 g/mol. The first-order valence-electron chi connectivity index (χ1n) is 5.79. The summed E-state index contributed by atoms with van der Waals surface area (Å²) in [6.07, 6.45) is 5.26. The summed E-state index contributed by atoms with van der Waals surface area (Å²) in [7, 11) is 0. The Hall–Kier alpha value is -0.900. The number of aromatic nitrogens is 3. The van der Waals surface area contributed by atoms with Gasteiger partial charge in [0.05, 0.1) is 17.9 Å². The first-order chi connectivity index (χ1) is 7.13. The highest BCUT2D eigenvalue weighted by atomic mass is 15.4. The molecule has 4 heteroatoms. The zero-order valence-electron chi connectivity index (χ0n) is 9.98. The summed E-state index contributed by atoms with van der Waals surface area (Å²) in [6.45, 7) is 7.48. The van der Waals surface area contributed by atoms with Crippen LogP contribution in [0.5, 0.6) is 0 Å². The molecule has 0 aliphatic rings. The van der Waals surface area contributed by atoms with E-state index in [2.05, 4.69) is 31.1 Å². The molecule has 0 aliphatic heterocycles. The Morgan fingerprint density at radius 2 is 2.20 bits per heavy atom. The summed E-state index contributed by atoms with van der Waals surface area (Å²) in [5, 5.41) is 8.14. The SMILES string of the molecule is CCC(N)c1cn(CCCC(C)C)nn1. The highest BCUT2D eigenvalue weighted by Crippen LogP contribution is 2.10. The van der Waals surface area contributed by atoms with Crippen molar-refractivity contribution in [2.75, 3.05) is 0 Å². The van der Waals surface area contributed by atoms with Crippen molar-refractivity contribution in [2.24, 2.45) is 11.7 Å². The number of nitrogens with zero attached hydrogens (tertiary/aromatic N) is 3. The van der Waals surface area contributed by atoms with Gasteiger partial charge in [-0.05, 0) is 25.2 Å². The molecule has 0 saturated heterocycles. The Labute approximate surface area is 91.9 Å². The van der Waals surface area contributed by atoms with Gasteiger partial charge in [-0.2, -0.15) is 0 Å². The van der Waals surface area contributed by atoms with Crippen LogP contribution in [0.3, 0.4) is 0 Å². The minimum Gasteiger partial charge on any atom is -0.323 e. The predicted octanol–water partition coefficient (Wildman–Crippen LogP) is 2.12. The Morgan fingerprint density at radius 3 is 2.80 bits per heavy atom. The van der Waals surface area contributed by atoms with Gasteiger partial charge in [-0.15, -0.1) is 5.10 Å². The minimum atomic E-state index is 0.0313. The van der Waals surface area contributed by atoms with Crippen LogP contribution in [0.2, 0.25) is 0 Å². The second-order valence-electron chi connectivity index (χ2n) is 4.46. The zero-order chi connectivity index (χ0) is 11.3. The van der Waals surface area contributed by atoms with Crippen molar-refractivity contribution < 1.29 is 0 Å². The average molecular weight is 210 g/mol. The molecule has 0 amide bonds. The summed E-state index contributed by atoms with van der Waals surface area (Å²) in [5.74, 6) is 0.755. The van der Waals surface area contributed by atoms with Crippen LogP contribution in [-0.2, 0) is 6.54 Å². The molecule has 1 aromatic heterocycles. The highest BCUT2D eigenvalue weighted by Gasteiger charge is 2.07. The molecule has 86 valence electrons. The molecule has 1 atom stereocenters. The van der Waals surface area contributed by atoms with Crippen LogP contribution in [0, 0.1) is 5.92 Å². The Morgan fingerprint density at radius 1 is 1.47 bits per heavy atom. The van der Waals surface area contributed by atoms with Crippen LogP contribution in [-0.4, -0.2) is 15.0 Å². The first kappa shape index (κ1) is 12.2. The molecule has 15 heavy (non-hydrogen) atoms. The standard InChI is InChI=1S/C11H22N4/c1-4-10(12)11-8-15(14-13-11)7-5-6-9(2)3/h8-10H,4-7,12H2,1-3H3. The summed E-state index contributed by atoms with van der Waals surface area (Å²) in [6, 6.07) is 0.0313. The number of aryl methyl sites for hydroxylation is 1. The first-order valence-corrected chi connectivity index (χ1v) is 5.79. The largest absolute Gasteiger partial charge is 0.323 e. The lowest BCUT2D eigenvalue weighted by molar-refractivity contribution is 0.482. The molecular weight excluding hydrogens is 188 g/mol. The molecule has 0 radical (unpaired) electrons. The third kappa shape index (κ3) is 4.00. The molecule has 1 aromatic rings. The molecule has 0 bridgehead atoms. The summed E-state index contributed by atoms with van der Waals surface area (Å²) in [4.78, 5) is 0. The molecule has 1 heterocycles. The number of hydrogen-bond donors (Lipinski definition) is 1. The van der Waals surface area contributed by atoms with Gasteiger partial charge in [0, 0.05) is 6.54 Å². The lowest BCUT2D eigenvalue weighted by Gasteiger charge is -2.04. The van der Waals surface area contributed by atoms with Gasteiger partial charge in [-0.25, -0.2) is 0 Å². The second-order valence-corrected chi connectivity index (χ2v) is 4.46. The van der Waals surface area contributed by atoms with Crippen LogP contribution in [0.4, 0.5) is 0 Å². The maximum Gasteiger partial charge on any atom is 0.0993 e. The van der Waals surface area contributed by atoms with E-state index >= 15 is 0 Å². The summed E-state index contributed by atoms with van der Waals surface area (Å²) in [5.41, 5.74) is 6.77. The van der Waals surface area contributed by atoms with Crippen molar-refractivity contribution in [1.29, 1.82) is 0 Å². The van der Waals surface area contributed by atoms with Gasteiger partial charge >= 0.3 is 0 Å². The third-order valence-electron chi connectivity index (χ3n) is 2.54. The molecular formula is C11H22N4. The number of nitrogens with two attached hydrogens (primary N) is 1. The Kier molecular flexibility index (Phi) is 4.75. The lowest BCUT2D eigenvalue weighted by atomic mass is 10.1. The van der Waals surface area contributed by atoms with Gasteiger partial charge in [0.25, 0.3) is 0 Å². The highest BCUT2D eigenvalue weighted by molar-refractivity contribution is 4.98. The van der Waals surface area contributed by atoms with Gasteiger partial charge in [-0.1, -0.05) is 26.0 Å². The predicted molar refractivity (Wildman–Crippen MR) is 61.3 cm³/mol. The van der Waals surface area contributed by atoms with E-state index in [1.54, 1.807) is 0 Å². The van der Waals surface area contributed by atoms with E-state index in [1.165, 1.54) is 6.42 Å². The third-order valence-corrected chi connectivity index (χ3v) is 2.54. The van der Waals surface area contributed by atoms with Crippen molar-refractivity contribution >= 4 is 0 Å². The fourth-order valence-electron chi connectivity index (χ4n) is 1.46. The number of hydrogen-bond acceptors (Lipinski definition) is 3. The van der Waals surface area contributed by atoms with Crippen LogP contribution in [0.25, 0.3) is 0 Å². The van der Waals surface area contributed by atoms with E-state index in [9.17, 15) is 0 Å². The van der Waals surface area contributed by atoms with Gasteiger partial charge in [-0.3, -0.25) is 4.68 Å². The lowest BCUT2D eigenvalue weighted by Crippen LogP contribution is -2.08. The van der Waals surface area contributed by atoms with E-state index in [0.29, 0.717) is 0 Å². The van der Waals surface area contributed by atoms with E-state index in [4.69, 9.17) is 5.73 Å². The van der Waals surface area contributed by atoms with Gasteiger partial charge in [0.1, 0.15) is 0 Å². The molecule has 0 fully saturated rings. The van der Waals surface area contributed by atoms with Crippen molar-refractivity contribution in [3.8, 4) is 0 Å². The fourth-order valence-corrected chi connectivity index (χ4v) is 1.46. The topological polar surface area (TPSA) is 56.7 Å². The minimum absolute atomic E-state index is 0.0313. The van der Waals surface area contributed by atoms with Crippen molar-refractivity contribution in [3.63, 3.8) is 0 Å². The number of rotatable bonds is 6. The van der Waals surface area contributed by atoms with E-state index in [-0.39, 0.29) is 6.04 Å². The molecule has 4 nitrogen and oxygen atoms in total. The van der Waals surface area contributed by atoms with Crippen LogP contribution < -0.4 is 5.73 Å². The molecule has 1 unspecified atom stereocenters. The fraction of sp³-hybridized carbons (Fsp3) is 0.818. The van der Waals surface area contributed by atoms with Crippen molar-refractivity contribution in [1.82, 2.24) is 15.0 Å². The van der Waals surface area contributed by atoms with Gasteiger partial charge in [0.15, 0.2) is 0 Å². The maximum absolute atomic E-state index is 5.87. The van der Waals surface area contributed by atoms with Crippen molar-refractivity contribution in [2.45, 2.75) is 52.6 Å². The summed E-state index contributed by atoms with van der Waals surface area (Å²) < 4.78 is 1.90. The smallest absolute Gasteiger partial charge is 0.0993 e. The molecule has 2 N–H and O–H groups in total. The van der Waals surface area contributed by atoms with Crippen LogP contribution >= 0.6 is 0 Å². The van der Waals surface area contributed by atoms with E-state index < -0.39 is 0 Å². The van der Waals surface area contributed by atoms with Gasteiger partial charge in [0.2, 0.25) is 0 Å².